The Balaban J connectivity index is 2.54. The number of halogens is 2. The predicted molar refractivity (Wildman–Crippen MR) is 70.6 cm³/mol. The van der Waals surface area contributed by atoms with Gasteiger partial charge in [0.15, 0.2) is 0 Å². The number of anilines is 1. The summed E-state index contributed by atoms with van der Waals surface area (Å²) in [6.45, 7) is 1.38. The van der Waals surface area contributed by atoms with Gasteiger partial charge in [-0.25, -0.2) is 9.11 Å². The summed E-state index contributed by atoms with van der Waals surface area (Å²) >= 11 is 5.54. The lowest BCUT2D eigenvalue weighted by molar-refractivity contribution is -0.115. The molecule has 0 saturated carbocycles. The van der Waals surface area contributed by atoms with E-state index in [4.69, 9.17) is 11.6 Å². The molecule has 0 aliphatic rings. The average Bonchev–Trinajstić information content (AvgIpc) is 2.32. The molecule has 0 radical (unpaired) electrons. The van der Waals surface area contributed by atoms with E-state index in [-0.39, 0.29) is 17.3 Å². The van der Waals surface area contributed by atoms with Gasteiger partial charge in [-0.3, -0.25) is 4.79 Å². The molecule has 19 heavy (non-hydrogen) atoms. The van der Waals surface area contributed by atoms with Gasteiger partial charge in [-0.05, 0) is 18.2 Å². The Morgan fingerprint density at radius 1 is 1.37 bits per heavy atom. The SMILES string of the molecule is CCNS(=O)(=O)NCC(=O)Nc1ccc(F)c(Cl)c1. The highest BCUT2D eigenvalue weighted by Gasteiger charge is 2.11. The van der Waals surface area contributed by atoms with Crippen LogP contribution < -0.4 is 14.8 Å². The second-order valence-electron chi connectivity index (χ2n) is 3.50. The smallest absolute Gasteiger partial charge is 0.277 e. The van der Waals surface area contributed by atoms with Gasteiger partial charge in [-0.1, -0.05) is 18.5 Å². The number of carbonyl (C=O) groups is 1. The van der Waals surface area contributed by atoms with Crippen LogP contribution in [0.1, 0.15) is 6.92 Å². The second-order valence-corrected chi connectivity index (χ2v) is 5.49. The molecule has 1 amide bonds. The zero-order chi connectivity index (χ0) is 14.5. The first-order valence-corrected chi connectivity index (χ1v) is 7.19. The molecule has 1 aromatic rings. The minimum absolute atomic E-state index is 0.133. The molecular formula is C10H13ClFN3O3S. The molecule has 0 bridgehead atoms. The van der Waals surface area contributed by atoms with Crippen molar-refractivity contribution in [3.8, 4) is 0 Å². The van der Waals surface area contributed by atoms with Gasteiger partial charge in [0, 0.05) is 12.2 Å². The van der Waals surface area contributed by atoms with Gasteiger partial charge in [0.2, 0.25) is 5.91 Å². The first-order chi connectivity index (χ1) is 8.84. The zero-order valence-corrected chi connectivity index (χ0v) is 11.6. The summed E-state index contributed by atoms with van der Waals surface area (Å²) < 4.78 is 39.5. The summed E-state index contributed by atoms with van der Waals surface area (Å²) in [4.78, 5) is 11.5. The fraction of sp³-hybridized carbons (Fsp3) is 0.300. The van der Waals surface area contributed by atoms with Crippen LogP contribution in [0.3, 0.4) is 0 Å². The van der Waals surface area contributed by atoms with Crippen molar-refractivity contribution in [2.24, 2.45) is 0 Å². The highest BCUT2D eigenvalue weighted by atomic mass is 35.5. The van der Waals surface area contributed by atoms with Crippen LogP contribution in [-0.2, 0) is 15.0 Å². The molecule has 0 unspecified atom stereocenters. The van der Waals surface area contributed by atoms with Gasteiger partial charge in [-0.15, -0.1) is 0 Å². The van der Waals surface area contributed by atoms with E-state index < -0.39 is 28.5 Å². The highest BCUT2D eigenvalue weighted by molar-refractivity contribution is 7.87. The summed E-state index contributed by atoms with van der Waals surface area (Å²) in [5, 5.41) is 2.25. The summed E-state index contributed by atoms with van der Waals surface area (Å²) in [5.74, 6) is -1.20. The van der Waals surface area contributed by atoms with E-state index in [2.05, 4.69) is 10.0 Å². The van der Waals surface area contributed by atoms with Gasteiger partial charge >= 0.3 is 0 Å². The fourth-order valence-electron chi connectivity index (χ4n) is 1.18. The van der Waals surface area contributed by atoms with E-state index in [1.807, 2.05) is 4.72 Å². The maximum absolute atomic E-state index is 12.9. The van der Waals surface area contributed by atoms with E-state index in [1.54, 1.807) is 6.92 Å². The van der Waals surface area contributed by atoms with Crippen molar-refractivity contribution in [2.75, 3.05) is 18.4 Å². The Kier molecular flexibility index (Phi) is 5.67. The molecule has 1 aromatic carbocycles. The second kappa shape index (κ2) is 6.80. The van der Waals surface area contributed by atoms with Crippen LogP contribution in [0.2, 0.25) is 5.02 Å². The monoisotopic (exact) mass is 309 g/mol. The Morgan fingerprint density at radius 2 is 2.05 bits per heavy atom. The molecule has 1 rings (SSSR count). The molecule has 0 aliphatic carbocycles. The Morgan fingerprint density at radius 3 is 2.63 bits per heavy atom. The third kappa shape index (κ3) is 5.52. The summed E-state index contributed by atoms with van der Waals surface area (Å²) in [6, 6.07) is 3.65. The van der Waals surface area contributed by atoms with Crippen molar-refractivity contribution in [1.82, 2.24) is 9.44 Å². The number of benzene rings is 1. The quantitative estimate of drug-likeness (QED) is 0.728. The van der Waals surface area contributed by atoms with Crippen molar-refractivity contribution < 1.29 is 17.6 Å². The lowest BCUT2D eigenvalue weighted by Gasteiger charge is -2.08. The molecule has 0 heterocycles. The Hall–Kier alpha value is -1.22. The van der Waals surface area contributed by atoms with Gasteiger partial charge in [0.1, 0.15) is 5.82 Å². The zero-order valence-electron chi connectivity index (χ0n) is 10.0. The molecule has 106 valence electrons. The minimum Gasteiger partial charge on any atom is -0.325 e. The standard InChI is InChI=1S/C10H13ClFN3O3S/c1-2-13-19(17,18)14-6-10(16)15-7-3-4-9(12)8(11)5-7/h3-5,13-14H,2,6H2,1H3,(H,15,16). The van der Waals surface area contributed by atoms with E-state index in [0.29, 0.717) is 0 Å². The fourth-order valence-corrected chi connectivity index (χ4v) is 2.16. The first kappa shape index (κ1) is 15.8. The van der Waals surface area contributed by atoms with Crippen molar-refractivity contribution in [3.63, 3.8) is 0 Å². The van der Waals surface area contributed by atoms with Gasteiger partial charge < -0.3 is 5.32 Å². The highest BCUT2D eigenvalue weighted by Crippen LogP contribution is 2.19. The molecule has 0 aromatic heterocycles. The molecule has 9 heteroatoms. The lowest BCUT2D eigenvalue weighted by Crippen LogP contribution is -2.40. The van der Waals surface area contributed by atoms with Crippen molar-refractivity contribution >= 4 is 33.4 Å². The third-order valence-corrected chi connectivity index (χ3v) is 3.44. The maximum Gasteiger partial charge on any atom is 0.277 e. The average molecular weight is 310 g/mol. The van der Waals surface area contributed by atoms with Crippen LogP contribution in [-0.4, -0.2) is 27.4 Å². The van der Waals surface area contributed by atoms with Gasteiger partial charge in [-0.2, -0.15) is 13.1 Å². The summed E-state index contributed by atoms with van der Waals surface area (Å²) in [5.41, 5.74) is 0.277. The molecule has 0 spiro atoms. The lowest BCUT2D eigenvalue weighted by atomic mass is 10.3. The van der Waals surface area contributed by atoms with E-state index >= 15 is 0 Å². The van der Waals surface area contributed by atoms with E-state index in [1.165, 1.54) is 12.1 Å². The molecule has 0 atom stereocenters. The molecule has 0 aliphatic heterocycles. The molecular weight excluding hydrogens is 297 g/mol. The van der Waals surface area contributed by atoms with Crippen LogP contribution in [0.15, 0.2) is 18.2 Å². The Labute approximate surface area is 115 Å². The van der Waals surface area contributed by atoms with Crippen LogP contribution in [0, 0.1) is 5.82 Å². The number of hydrogen-bond donors (Lipinski definition) is 3. The van der Waals surface area contributed by atoms with Crippen LogP contribution >= 0.6 is 11.6 Å². The number of rotatable bonds is 6. The predicted octanol–water partition coefficient (Wildman–Crippen LogP) is 0.861. The van der Waals surface area contributed by atoms with Gasteiger partial charge in [0.25, 0.3) is 10.2 Å². The van der Waals surface area contributed by atoms with Crippen LogP contribution in [0.5, 0.6) is 0 Å². The Bertz CT molecular complexity index is 565. The number of amides is 1. The summed E-state index contributed by atoms with van der Waals surface area (Å²) in [6.07, 6.45) is 0. The normalized spacial score (nSPS) is 11.3. The number of carbonyl (C=O) groups excluding carboxylic acids is 1. The van der Waals surface area contributed by atoms with Gasteiger partial charge in [0.05, 0.1) is 11.6 Å². The van der Waals surface area contributed by atoms with E-state index in [9.17, 15) is 17.6 Å². The van der Waals surface area contributed by atoms with E-state index in [0.717, 1.165) is 6.07 Å². The van der Waals surface area contributed by atoms with Crippen LogP contribution in [0.4, 0.5) is 10.1 Å². The number of nitrogens with one attached hydrogen (secondary N) is 3. The first-order valence-electron chi connectivity index (χ1n) is 5.33. The largest absolute Gasteiger partial charge is 0.325 e. The third-order valence-electron chi connectivity index (χ3n) is 1.96. The van der Waals surface area contributed by atoms with Crippen molar-refractivity contribution in [1.29, 1.82) is 0 Å². The maximum atomic E-state index is 12.9. The molecule has 0 saturated heterocycles. The number of hydrogen-bond acceptors (Lipinski definition) is 3. The molecule has 3 N–H and O–H groups in total. The molecule has 6 nitrogen and oxygen atoms in total. The minimum atomic E-state index is -3.68. The molecule has 0 fully saturated rings. The van der Waals surface area contributed by atoms with Crippen LogP contribution in [0.25, 0.3) is 0 Å². The summed E-state index contributed by atoms with van der Waals surface area (Å²) in [7, 11) is -3.68. The van der Waals surface area contributed by atoms with Crippen molar-refractivity contribution in [2.45, 2.75) is 6.92 Å². The van der Waals surface area contributed by atoms with Crippen molar-refractivity contribution in [3.05, 3.63) is 29.0 Å². The topological polar surface area (TPSA) is 87.3 Å².